The molecule has 2 heterocycles. The average molecular weight is 1400 g/mol. The van der Waals surface area contributed by atoms with Crippen LogP contribution in [-0.4, -0.2) is 204 Å². The number of phosphoric acid groups is 1. The van der Waals surface area contributed by atoms with Gasteiger partial charge in [-0.05, 0) is 19.3 Å². The number of carbonyl (C=O) groups excluding carboxylic acids is 3. The molecule has 24 nitrogen and oxygen atoms in total. The molecule has 0 spiro atoms. The highest BCUT2D eigenvalue weighted by Crippen LogP contribution is 2.49. The number of phosphoric ester groups is 1. The van der Waals surface area contributed by atoms with Gasteiger partial charge >= 0.3 is 25.7 Å². The first-order chi connectivity index (χ1) is 46.3. The number of unbranched alkanes of at least 4 members (excludes halogenated alkanes) is 38. The van der Waals surface area contributed by atoms with E-state index in [4.69, 9.17) is 42.2 Å². The molecule has 0 bridgehead atoms. The number of esters is 3. The molecule has 1 aliphatic carbocycles. The molecule has 25 heteroatoms. The monoisotopic (exact) mass is 1400 g/mol. The van der Waals surface area contributed by atoms with E-state index in [-0.39, 0.29) is 19.3 Å². The van der Waals surface area contributed by atoms with Crippen molar-refractivity contribution in [2.24, 2.45) is 0 Å². The second kappa shape index (κ2) is 53.7. The van der Waals surface area contributed by atoms with Crippen molar-refractivity contribution in [2.75, 3.05) is 26.4 Å². The number of hydrogen-bond acceptors (Lipinski definition) is 23. The Morgan fingerprint density at radius 2 is 0.667 bits per heavy atom. The molecular weight excluding hydrogens is 1270 g/mol. The Morgan fingerprint density at radius 1 is 0.365 bits per heavy atom. The van der Waals surface area contributed by atoms with Crippen LogP contribution in [0.15, 0.2) is 0 Å². The van der Waals surface area contributed by atoms with Gasteiger partial charge in [-0.15, -0.1) is 0 Å². The number of ether oxygens (including phenoxy) is 7. The van der Waals surface area contributed by atoms with Gasteiger partial charge in [0.05, 0.1) is 13.2 Å². The van der Waals surface area contributed by atoms with Crippen LogP contribution in [0.3, 0.4) is 0 Å². The molecule has 2 saturated heterocycles. The van der Waals surface area contributed by atoms with Crippen LogP contribution in [0.25, 0.3) is 0 Å². The van der Waals surface area contributed by atoms with Crippen molar-refractivity contribution in [3.05, 3.63) is 0 Å². The van der Waals surface area contributed by atoms with Crippen molar-refractivity contribution in [3.63, 3.8) is 0 Å². The van der Waals surface area contributed by atoms with Crippen LogP contribution in [0.4, 0.5) is 0 Å². The van der Waals surface area contributed by atoms with Crippen LogP contribution in [0, 0.1) is 0 Å². The smallest absolute Gasteiger partial charge is 0.463 e. The Morgan fingerprint density at radius 3 is 1.02 bits per heavy atom. The molecule has 566 valence electrons. The van der Waals surface area contributed by atoms with Crippen LogP contribution in [0.5, 0.6) is 0 Å². The normalized spacial score (nSPS) is 27.9. The zero-order chi connectivity index (χ0) is 70.4. The summed E-state index contributed by atoms with van der Waals surface area (Å²) in [7, 11) is -5.69. The van der Waals surface area contributed by atoms with Gasteiger partial charge in [-0.3, -0.25) is 23.4 Å². The second-order valence-electron chi connectivity index (χ2n) is 27.4. The second-order valence-corrected chi connectivity index (χ2v) is 28.8. The minimum absolute atomic E-state index is 0.0331. The Balaban J connectivity index is 1.74. The summed E-state index contributed by atoms with van der Waals surface area (Å²) in [4.78, 5) is 51.0. The number of carbonyl (C=O) groups is 3. The summed E-state index contributed by atoms with van der Waals surface area (Å²) >= 11 is 0. The van der Waals surface area contributed by atoms with Crippen LogP contribution in [-0.2, 0) is 61.2 Å². The molecule has 3 aliphatic rings. The first-order valence-corrected chi connectivity index (χ1v) is 39.3. The maximum atomic E-state index is 14.3. The van der Waals surface area contributed by atoms with Crippen molar-refractivity contribution in [3.8, 4) is 0 Å². The largest absolute Gasteiger partial charge is 0.472 e. The van der Waals surface area contributed by atoms with Crippen molar-refractivity contribution in [1.29, 1.82) is 0 Å². The summed E-state index contributed by atoms with van der Waals surface area (Å²) in [5, 5.41) is 110. The van der Waals surface area contributed by atoms with Crippen molar-refractivity contribution in [1.82, 2.24) is 0 Å². The Kier molecular flexibility index (Phi) is 49.4. The molecule has 0 aromatic carbocycles. The maximum absolute atomic E-state index is 14.3. The number of rotatable bonds is 59. The lowest BCUT2D eigenvalue weighted by molar-refractivity contribution is -0.360. The first kappa shape index (κ1) is 88.2. The van der Waals surface area contributed by atoms with E-state index in [0.717, 1.165) is 89.9 Å². The molecule has 96 heavy (non-hydrogen) atoms. The van der Waals surface area contributed by atoms with Crippen molar-refractivity contribution < 1.29 is 117 Å². The zero-order valence-corrected chi connectivity index (χ0v) is 59.8. The lowest BCUT2D eigenvalue weighted by Gasteiger charge is -2.49. The van der Waals surface area contributed by atoms with Gasteiger partial charge in [0.1, 0.15) is 98.7 Å². The highest BCUT2D eigenvalue weighted by molar-refractivity contribution is 7.47. The quantitative estimate of drug-likeness (QED) is 0.0117. The van der Waals surface area contributed by atoms with E-state index in [1.807, 2.05) is 0 Å². The third-order valence-electron chi connectivity index (χ3n) is 18.9. The van der Waals surface area contributed by atoms with Gasteiger partial charge in [0.15, 0.2) is 18.7 Å². The number of aliphatic hydroxyl groups excluding tert-OH is 10. The summed E-state index contributed by atoms with van der Waals surface area (Å²) in [5.74, 6) is -1.97. The average Bonchev–Trinajstić information content (AvgIpc) is 0.768. The molecular formula is C71H133O24P. The molecule has 3 fully saturated rings. The molecule has 3 rings (SSSR count). The fourth-order valence-electron chi connectivity index (χ4n) is 12.7. The standard InChI is InChI=1S/C71H133O24P/c1-4-7-10-13-16-19-22-25-27-29-31-34-36-39-42-45-55(73)87-49-52(90-57(75)47-44-41-38-35-32-28-26-23-20-17-14-11-8-5-2)50-89-96(85,86)95-69-67(93-70-65(83)60(78)58(76)53(48-72)91-70)63(81)62(80)64(82)68(69)94-71-66(84)61(79)59(77)54(92-71)51-88-56(74)46-43-40-37-33-30-24-21-18-15-12-9-6-3/h52-54,58-72,76-84H,4-51H2,1-3H3,(H,85,86). The minimum Gasteiger partial charge on any atom is -0.463 e. The predicted octanol–water partition coefficient (Wildman–Crippen LogP) is 10.2. The van der Waals surface area contributed by atoms with Crippen molar-refractivity contribution >= 4 is 25.7 Å². The van der Waals surface area contributed by atoms with Gasteiger partial charge in [-0.2, -0.15) is 0 Å². The molecule has 18 unspecified atom stereocenters. The molecule has 11 N–H and O–H groups in total. The molecule has 0 aromatic rings. The Labute approximate surface area is 574 Å². The van der Waals surface area contributed by atoms with Crippen LogP contribution in [0.2, 0.25) is 0 Å². The van der Waals surface area contributed by atoms with Crippen LogP contribution < -0.4 is 0 Å². The first-order valence-electron chi connectivity index (χ1n) is 37.8. The Bertz CT molecular complexity index is 1990. The van der Waals surface area contributed by atoms with Gasteiger partial charge in [-0.1, -0.05) is 265 Å². The van der Waals surface area contributed by atoms with Gasteiger partial charge in [0.2, 0.25) is 0 Å². The number of hydrogen-bond donors (Lipinski definition) is 11. The van der Waals surface area contributed by atoms with Crippen LogP contribution in [0.1, 0.15) is 303 Å². The lowest BCUT2D eigenvalue weighted by atomic mass is 9.84. The third-order valence-corrected chi connectivity index (χ3v) is 19.9. The fraction of sp³-hybridized carbons (Fsp3) is 0.958. The number of aliphatic hydroxyl groups is 10. The van der Waals surface area contributed by atoms with E-state index >= 15 is 0 Å². The van der Waals surface area contributed by atoms with Gasteiger partial charge in [0.25, 0.3) is 0 Å². The SMILES string of the molecule is CCCCCCCCCCCCCCCCCC(=O)OCC(COP(=O)(O)OC1C(OC2OC(CO)C(O)C(O)C2O)C(O)C(O)C(O)C1OC1OC(COC(=O)CCCCCCCCCCCCCC)C(O)C(O)C1O)OC(=O)CCCCCCCCCCCCCCCC. The molecule has 0 amide bonds. The van der Waals surface area contributed by atoms with Crippen molar-refractivity contribution in [2.45, 2.75) is 407 Å². The zero-order valence-electron chi connectivity index (χ0n) is 58.9. The molecule has 0 aromatic heterocycles. The summed E-state index contributed by atoms with van der Waals surface area (Å²) in [6.45, 7) is 3.46. The van der Waals surface area contributed by atoms with Gasteiger partial charge in [0, 0.05) is 19.3 Å². The van der Waals surface area contributed by atoms with Gasteiger partial charge in [-0.25, -0.2) is 4.57 Å². The highest BCUT2D eigenvalue weighted by atomic mass is 31.2. The van der Waals surface area contributed by atoms with E-state index < -0.39 is 156 Å². The predicted molar refractivity (Wildman–Crippen MR) is 361 cm³/mol. The Hall–Kier alpha value is -2.04. The van der Waals surface area contributed by atoms with E-state index in [1.165, 1.54) is 154 Å². The van der Waals surface area contributed by atoms with E-state index in [9.17, 15) is 74.9 Å². The lowest BCUT2D eigenvalue weighted by Crippen LogP contribution is -2.69. The summed E-state index contributed by atoms with van der Waals surface area (Å²) in [5.41, 5.74) is 0. The molecule has 18 atom stereocenters. The van der Waals surface area contributed by atoms with Crippen LogP contribution >= 0.6 is 7.82 Å². The van der Waals surface area contributed by atoms with E-state index in [0.29, 0.717) is 19.3 Å². The maximum Gasteiger partial charge on any atom is 0.472 e. The van der Waals surface area contributed by atoms with E-state index in [1.54, 1.807) is 0 Å². The minimum atomic E-state index is -5.69. The van der Waals surface area contributed by atoms with Gasteiger partial charge < -0.3 is 89.1 Å². The molecule has 2 aliphatic heterocycles. The summed E-state index contributed by atoms with van der Waals surface area (Å²) in [6.07, 6.45) is 10.3. The van der Waals surface area contributed by atoms with E-state index in [2.05, 4.69) is 20.8 Å². The summed E-state index contributed by atoms with van der Waals surface area (Å²) < 4.78 is 65.0. The molecule has 1 saturated carbocycles. The molecule has 0 radical (unpaired) electrons. The fourth-order valence-corrected chi connectivity index (χ4v) is 13.7. The summed E-state index contributed by atoms with van der Waals surface area (Å²) in [6, 6.07) is 0. The topological polar surface area (TPSA) is 374 Å². The highest BCUT2D eigenvalue weighted by Gasteiger charge is 2.58. The third kappa shape index (κ3) is 36.7.